The zero-order valence-corrected chi connectivity index (χ0v) is 15.4. The molecule has 4 N–H and O–H groups in total. The third-order valence-corrected chi connectivity index (χ3v) is 4.49. The average molecular weight is 395 g/mol. The van der Waals surface area contributed by atoms with Gasteiger partial charge in [0.1, 0.15) is 0 Å². The van der Waals surface area contributed by atoms with Crippen LogP contribution in [0.5, 0.6) is 11.6 Å². The van der Waals surface area contributed by atoms with E-state index in [1.165, 1.54) is 0 Å². The van der Waals surface area contributed by atoms with Crippen LogP contribution in [-0.2, 0) is 0 Å². The van der Waals surface area contributed by atoms with Crippen molar-refractivity contribution in [3.8, 4) is 22.9 Å². The van der Waals surface area contributed by atoms with E-state index in [0.29, 0.717) is 17.3 Å². The van der Waals surface area contributed by atoms with E-state index < -0.39 is 0 Å². The number of aromatic nitrogens is 3. The molecule has 0 saturated carbocycles. The first kappa shape index (κ1) is 16.9. The molecule has 8 heteroatoms. The molecule has 0 amide bonds. The number of guanidine groups is 1. The number of benzene rings is 1. The van der Waals surface area contributed by atoms with Gasteiger partial charge >= 0.3 is 140 Å². The summed E-state index contributed by atoms with van der Waals surface area (Å²) in [5, 5.41) is 0. The Morgan fingerprint density at radius 2 is 1.84 bits per heavy atom. The number of hydrogen-bond acceptors (Lipinski definition) is 5. The molecular formula is C17H16AsN6O. The maximum atomic E-state index is 5.92. The SMILES string of the molecule is C[As]c1nccc(-c2cccnc2Oc2ccc(N=C(N)N)cc2)n1. The first-order valence-corrected chi connectivity index (χ1v) is 10.2. The molecule has 3 rings (SSSR count). The standard InChI is InChI=1S/C17H16AsN6O/c1-18-16-22-10-8-14(24-16)13-3-2-9-21-15(13)25-12-6-4-11(5-7-12)23-17(19)20/h2-10H,1H3,(H4,19,20,23). The van der Waals surface area contributed by atoms with Gasteiger partial charge in [-0.05, 0) is 0 Å². The van der Waals surface area contributed by atoms with Gasteiger partial charge < -0.3 is 11.5 Å². The van der Waals surface area contributed by atoms with Crippen molar-refractivity contribution in [1.82, 2.24) is 15.0 Å². The molecule has 0 unspecified atom stereocenters. The van der Waals surface area contributed by atoms with Crippen LogP contribution < -0.4 is 20.8 Å². The predicted octanol–water partition coefficient (Wildman–Crippen LogP) is 1.61. The second-order valence-electron chi connectivity index (χ2n) is 4.95. The molecule has 0 saturated heterocycles. The average Bonchev–Trinajstić information content (AvgIpc) is 2.63. The van der Waals surface area contributed by atoms with Crippen molar-refractivity contribution in [2.75, 3.05) is 0 Å². The summed E-state index contributed by atoms with van der Waals surface area (Å²) in [6.07, 6.45) is 3.44. The summed E-state index contributed by atoms with van der Waals surface area (Å²) in [6.45, 7) is 0. The minimum atomic E-state index is -0.0463. The van der Waals surface area contributed by atoms with E-state index in [2.05, 4.69) is 25.7 Å². The molecule has 125 valence electrons. The van der Waals surface area contributed by atoms with Crippen molar-refractivity contribution in [2.24, 2.45) is 16.5 Å². The van der Waals surface area contributed by atoms with E-state index in [0.717, 1.165) is 15.9 Å². The number of pyridine rings is 1. The molecule has 0 aliphatic heterocycles. The van der Waals surface area contributed by atoms with E-state index in [4.69, 9.17) is 16.2 Å². The van der Waals surface area contributed by atoms with Gasteiger partial charge in [-0.25, -0.2) is 0 Å². The van der Waals surface area contributed by atoms with Crippen LogP contribution in [-0.4, -0.2) is 36.7 Å². The van der Waals surface area contributed by atoms with Crippen LogP contribution in [0.2, 0.25) is 5.71 Å². The molecule has 2 aromatic heterocycles. The third kappa shape index (κ3) is 4.33. The van der Waals surface area contributed by atoms with Gasteiger partial charge in [-0.2, -0.15) is 0 Å². The third-order valence-electron chi connectivity index (χ3n) is 3.20. The molecule has 7 nitrogen and oxygen atoms in total. The van der Waals surface area contributed by atoms with Gasteiger partial charge in [0, 0.05) is 0 Å². The van der Waals surface area contributed by atoms with Gasteiger partial charge in [0.2, 0.25) is 0 Å². The molecule has 0 spiro atoms. The number of ether oxygens (including phenoxy) is 1. The van der Waals surface area contributed by atoms with Crippen LogP contribution in [0.1, 0.15) is 0 Å². The van der Waals surface area contributed by atoms with E-state index in [9.17, 15) is 0 Å². The molecule has 3 aromatic rings. The van der Waals surface area contributed by atoms with Gasteiger partial charge in [0.05, 0.1) is 0 Å². The zero-order chi connectivity index (χ0) is 17.6. The van der Waals surface area contributed by atoms with Crippen molar-refractivity contribution in [3.05, 3.63) is 54.9 Å². The van der Waals surface area contributed by atoms with Crippen LogP contribution in [0.4, 0.5) is 5.69 Å². The fraction of sp³-hybridized carbons (Fsp3) is 0.0588. The Morgan fingerprint density at radius 3 is 2.56 bits per heavy atom. The molecule has 1 aromatic carbocycles. The van der Waals surface area contributed by atoms with Crippen LogP contribution in [0.15, 0.2) is 59.9 Å². The number of hydrogen-bond donors (Lipinski definition) is 2. The Kier molecular flexibility index (Phi) is 5.26. The minimum absolute atomic E-state index is 0.0126. The fourth-order valence-electron chi connectivity index (χ4n) is 2.12. The Bertz CT molecular complexity index is 894. The van der Waals surface area contributed by atoms with Gasteiger partial charge in [-0.1, -0.05) is 0 Å². The summed E-state index contributed by atoms with van der Waals surface area (Å²) in [4.78, 5) is 17.2. The van der Waals surface area contributed by atoms with Crippen LogP contribution in [0.3, 0.4) is 0 Å². The monoisotopic (exact) mass is 395 g/mol. The van der Waals surface area contributed by atoms with Gasteiger partial charge in [0.15, 0.2) is 0 Å². The summed E-state index contributed by atoms with van der Waals surface area (Å²) in [7, 11) is 0. The molecular weight excluding hydrogens is 379 g/mol. The number of nitrogens with zero attached hydrogens (tertiary/aromatic N) is 4. The van der Waals surface area contributed by atoms with E-state index >= 15 is 0 Å². The Morgan fingerprint density at radius 1 is 1.04 bits per heavy atom. The Labute approximate surface area is 151 Å². The van der Waals surface area contributed by atoms with Crippen molar-refractivity contribution >= 4 is 32.0 Å². The Hall–Kier alpha value is -2.92. The zero-order valence-electron chi connectivity index (χ0n) is 13.5. The maximum absolute atomic E-state index is 5.92. The molecule has 0 aliphatic carbocycles. The quantitative estimate of drug-likeness (QED) is 0.386. The van der Waals surface area contributed by atoms with Gasteiger partial charge in [-0.15, -0.1) is 0 Å². The summed E-state index contributed by atoms with van der Waals surface area (Å²) < 4.78 is 6.79. The van der Waals surface area contributed by atoms with Crippen molar-refractivity contribution in [2.45, 2.75) is 5.71 Å². The first-order valence-electron chi connectivity index (χ1n) is 7.41. The molecule has 0 aliphatic rings. The number of aliphatic imine (C=N–C) groups is 1. The number of nitrogens with two attached hydrogens (primary N) is 2. The molecule has 1 radical (unpaired) electrons. The first-order chi connectivity index (χ1) is 12.2. The van der Waals surface area contributed by atoms with Crippen molar-refractivity contribution < 1.29 is 4.74 Å². The second-order valence-corrected chi connectivity index (χ2v) is 6.73. The molecule has 0 fully saturated rings. The normalized spacial score (nSPS) is 10.8. The number of rotatable bonds is 5. The fourth-order valence-corrected chi connectivity index (χ4v) is 2.94. The van der Waals surface area contributed by atoms with Crippen LogP contribution in [0.25, 0.3) is 11.3 Å². The van der Waals surface area contributed by atoms with E-state index in [1.54, 1.807) is 36.7 Å². The predicted molar refractivity (Wildman–Crippen MR) is 98.5 cm³/mol. The topological polar surface area (TPSA) is 112 Å². The van der Waals surface area contributed by atoms with Crippen LogP contribution in [0, 0.1) is 0 Å². The van der Waals surface area contributed by atoms with Crippen LogP contribution >= 0.6 is 0 Å². The molecule has 2 heterocycles. The van der Waals surface area contributed by atoms with Crippen molar-refractivity contribution in [3.63, 3.8) is 0 Å². The molecule has 0 atom stereocenters. The molecule has 0 bridgehead atoms. The van der Waals surface area contributed by atoms with E-state index in [-0.39, 0.29) is 21.7 Å². The summed E-state index contributed by atoms with van der Waals surface area (Å²) in [5.74, 6) is 1.12. The molecule has 25 heavy (non-hydrogen) atoms. The van der Waals surface area contributed by atoms with Crippen molar-refractivity contribution in [1.29, 1.82) is 0 Å². The summed E-state index contributed by atoms with van der Waals surface area (Å²) in [5.41, 5.74) is 15.1. The van der Waals surface area contributed by atoms with Gasteiger partial charge in [-0.3, -0.25) is 0 Å². The van der Waals surface area contributed by atoms with Gasteiger partial charge in [0.25, 0.3) is 0 Å². The Balaban J connectivity index is 1.89. The summed E-state index contributed by atoms with van der Waals surface area (Å²) >= 11 is -0.0463. The second kappa shape index (κ2) is 7.77. The van der Waals surface area contributed by atoms with E-state index in [1.807, 2.05) is 18.2 Å². The summed E-state index contributed by atoms with van der Waals surface area (Å²) in [6, 6.07) is 12.7.